The van der Waals surface area contributed by atoms with Crippen LogP contribution in [0.3, 0.4) is 0 Å². The van der Waals surface area contributed by atoms with E-state index in [1.54, 1.807) is 14.0 Å². The Morgan fingerprint density at radius 2 is 1.39 bits per heavy atom. The molecule has 0 N–H and O–H groups in total. The van der Waals surface area contributed by atoms with E-state index in [9.17, 15) is 4.79 Å². The van der Waals surface area contributed by atoms with Gasteiger partial charge in [-0.25, -0.2) is 0 Å². The highest BCUT2D eigenvalue weighted by molar-refractivity contribution is 5.89. The van der Waals surface area contributed by atoms with E-state index in [2.05, 4.69) is 70.2 Å². The van der Waals surface area contributed by atoms with E-state index in [4.69, 9.17) is 4.74 Å². The molecule has 3 aromatic carbocycles. The SMILES string of the molecule is COc1ccc2cc(-c3cc(C(C)C)c(CC(C)=O)c(C(C)C)c3)ccc2c1. The van der Waals surface area contributed by atoms with Crippen LogP contribution in [-0.2, 0) is 11.2 Å². The number of carbonyl (C=O) groups excluding carboxylic acids is 1. The van der Waals surface area contributed by atoms with E-state index in [-0.39, 0.29) is 5.78 Å². The second-order valence-corrected chi connectivity index (χ2v) is 8.25. The number of fused-ring (bicyclic) bond motifs is 1. The van der Waals surface area contributed by atoms with Crippen LogP contribution in [0.2, 0.25) is 0 Å². The lowest BCUT2D eigenvalue weighted by molar-refractivity contribution is -0.116. The number of hydrogen-bond acceptors (Lipinski definition) is 2. The van der Waals surface area contributed by atoms with E-state index >= 15 is 0 Å². The third kappa shape index (κ3) is 4.11. The van der Waals surface area contributed by atoms with Crippen molar-refractivity contribution in [2.75, 3.05) is 7.11 Å². The van der Waals surface area contributed by atoms with Crippen LogP contribution in [0.15, 0.2) is 48.5 Å². The van der Waals surface area contributed by atoms with E-state index in [1.807, 2.05) is 6.07 Å². The second-order valence-electron chi connectivity index (χ2n) is 8.25. The van der Waals surface area contributed by atoms with Crippen LogP contribution in [0, 0.1) is 0 Å². The van der Waals surface area contributed by atoms with Gasteiger partial charge in [-0.05, 0) is 75.5 Å². The van der Waals surface area contributed by atoms with Gasteiger partial charge in [0.2, 0.25) is 0 Å². The fourth-order valence-corrected chi connectivity index (χ4v) is 3.90. The molecule has 0 radical (unpaired) electrons. The lowest BCUT2D eigenvalue weighted by Gasteiger charge is -2.21. The van der Waals surface area contributed by atoms with E-state index in [0.29, 0.717) is 18.3 Å². The molecule has 2 heteroatoms. The van der Waals surface area contributed by atoms with Gasteiger partial charge in [0.15, 0.2) is 0 Å². The Balaban J connectivity index is 2.18. The zero-order valence-corrected chi connectivity index (χ0v) is 17.8. The molecule has 0 aliphatic heterocycles. The Kier molecular flexibility index (Phi) is 5.88. The lowest BCUT2D eigenvalue weighted by Crippen LogP contribution is -2.08. The van der Waals surface area contributed by atoms with Crippen LogP contribution in [0.25, 0.3) is 21.9 Å². The van der Waals surface area contributed by atoms with Crippen molar-refractivity contribution in [2.24, 2.45) is 0 Å². The van der Waals surface area contributed by atoms with Gasteiger partial charge in [-0.15, -0.1) is 0 Å². The number of carbonyl (C=O) groups is 1. The highest BCUT2D eigenvalue weighted by atomic mass is 16.5. The standard InChI is InChI=1S/C26H30O2/c1-16(2)24-14-22(15-25(17(3)4)26(24)11-18(5)27)20-7-8-21-13-23(28-6)10-9-19(21)12-20/h7-10,12-17H,11H2,1-6H3. The third-order valence-corrected chi connectivity index (χ3v) is 5.37. The topological polar surface area (TPSA) is 26.3 Å². The maximum absolute atomic E-state index is 11.9. The molecular formula is C26H30O2. The van der Waals surface area contributed by atoms with Gasteiger partial charge in [-0.2, -0.15) is 0 Å². The first-order chi connectivity index (χ1) is 13.3. The van der Waals surface area contributed by atoms with Crippen molar-refractivity contribution in [2.45, 2.75) is 52.9 Å². The summed E-state index contributed by atoms with van der Waals surface area (Å²) in [6.45, 7) is 10.5. The predicted octanol–water partition coefficient (Wildman–Crippen LogP) is 6.89. The largest absolute Gasteiger partial charge is 0.497 e. The van der Waals surface area contributed by atoms with Crippen LogP contribution < -0.4 is 4.74 Å². The Bertz CT molecular complexity index is 983. The van der Waals surface area contributed by atoms with Gasteiger partial charge in [0.25, 0.3) is 0 Å². The number of Topliss-reactive ketones (excluding diaryl/α,β-unsaturated/α-hetero) is 1. The van der Waals surface area contributed by atoms with Crippen molar-refractivity contribution in [3.8, 4) is 16.9 Å². The van der Waals surface area contributed by atoms with Crippen LogP contribution in [0.4, 0.5) is 0 Å². The van der Waals surface area contributed by atoms with Crippen molar-refractivity contribution in [3.63, 3.8) is 0 Å². The third-order valence-electron chi connectivity index (χ3n) is 5.37. The zero-order chi connectivity index (χ0) is 20.4. The smallest absolute Gasteiger partial charge is 0.134 e. The van der Waals surface area contributed by atoms with Gasteiger partial charge in [0.1, 0.15) is 11.5 Å². The number of rotatable bonds is 6. The molecule has 0 atom stereocenters. The average Bonchev–Trinajstić information content (AvgIpc) is 2.66. The summed E-state index contributed by atoms with van der Waals surface area (Å²) < 4.78 is 5.34. The van der Waals surface area contributed by atoms with Crippen molar-refractivity contribution in [3.05, 3.63) is 65.2 Å². The summed E-state index contributed by atoms with van der Waals surface area (Å²) in [5, 5.41) is 2.37. The first-order valence-electron chi connectivity index (χ1n) is 10.0. The summed E-state index contributed by atoms with van der Waals surface area (Å²) >= 11 is 0. The van der Waals surface area contributed by atoms with E-state index in [0.717, 1.165) is 5.75 Å². The van der Waals surface area contributed by atoms with Gasteiger partial charge < -0.3 is 4.74 Å². The second kappa shape index (κ2) is 8.18. The summed E-state index contributed by atoms with van der Waals surface area (Å²) in [5.74, 6) is 1.84. The first-order valence-corrected chi connectivity index (χ1v) is 10.0. The van der Waals surface area contributed by atoms with Crippen molar-refractivity contribution in [1.29, 1.82) is 0 Å². The monoisotopic (exact) mass is 374 g/mol. The molecule has 0 unspecified atom stereocenters. The quantitative estimate of drug-likeness (QED) is 0.469. The molecule has 3 aromatic rings. The molecule has 0 spiro atoms. The molecule has 0 fully saturated rings. The predicted molar refractivity (Wildman–Crippen MR) is 118 cm³/mol. The fourth-order valence-electron chi connectivity index (χ4n) is 3.90. The minimum absolute atomic E-state index is 0.219. The molecule has 0 aromatic heterocycles. The lowest BCUT2D eigenvalue weighted by atomic mass is 9.83. The van der Waals surface area contributed by atoms with Crippen molar-refractivity contribution >= 4 is 16.6 Å². The van der Waals surface area contributed by atoms with Gasteiger partial charge >= 0.3 is 0 Å². The normalized spacial score (nSPS) is 11.4. The molecule has 3 rings (SSSR count). The molecule has 0 saturated carbocycles. The van der Waals surface area contributed by atoms with Gasteiger partial charge in [0, 0.05) is 6.42 Å². The summed E-state index contributed by atoms with van der Waals surface area (Å²) in [6, 6.07) is 17.3. The van der Waals surface area contributed by atoms with Crippen molar-refractivity contribution in [1.82, 2.24) is 0 Å². The molecule has 2 nitrogen and oxygen atoms in total. The van der Waals surface area contributed by atoms with Gasteiger partial charge in [0.05, 0.1) is 7.11 Å². The summed E-state index contributed by atoms with van der Waals surface area (Å²) in [7, 11) is 1.69. The highest BCUT2D eigenvalue weighted by Gasteiger charge is 2.18. The maximum atomic E-state index is 11.9. The minimum atomic E-state index is 0.219. The zero-order valence-electron chi connectivity index (χ0n) is 17.8. The fraction of sp³-hybridized carbons (Fsp3) is 0.346. The number of ketones is 1. The summed E-state index contributed by atoms with van der Waals surface area (Å²) in [4.78, 5) is 11.9. The van der Waals surface area contributed by atoms with Crippen molar-refractivity contribution < 1.29 is 9.53 Å². The first kappa shape index (κ1) is 20.1. The van der Waals surface area contributed by atoms with Crippen LogP contribution in [0.5, 0.6) is 5.75 Å². The summed E-state index contributed by atoms with van der Waals surface area (Å²) in [6.07, 6.45) is 0.513. The van der Waals surface area contributed by atoms with Gasteiger partial charge in [-0.3, -0.25) is 4.79 Å². The molecule has 0 heterocycles. The van der Waals surface area contributed by atoms with E-state index in [1.165, 1.54) is 38.6 Å². The minimum Gasteiger partial charge on any atom is -0.497 e. The highest BCUT2D eigenvalue weighted by Crippen LogP contribution is 2.35. The van der Waals surface area contributed by atoms with Crippen LogP contribution in [0.1, 0.15) is 63.1 Å². The molecule has 0 aliphatic carbocycles. The maximum Gasteiger partial charge on any atom is 0.134 e. The number of hydrogen-bond donors (Lipinski definition) is 0. The molecular weight excluding hydrogens is 344 g/mol. The van der Waals surface area contributed by atoms with E-state index < -0.39 is 0 Å². The number of ether oxygens (including phenoxy) is 1. The van der Waals surface area contributed by atoms with Crippen LogP contribution >= 0.6 is 0 Å². The molecule has 0 bridgehead atoms. The molecule has 146 valence electrons. The Hall–Kier alpha value is -2.61. The summed E-state index contributed by atoms with van der Waals surface area (Å²) in [5.41, 5.74) is 6.21. The van der Waals surface area contributed by atoms with Crippen LogP contribution in [-0.4, -0.2) is 12.9 Å². The Labute approximate surface area is 168 Å². The number of methoxy groups -OCH3 is 1. The Morgan fingerprint density at radius 3 is 1.93 bits per heavy atom. The number of benzene rings is 3. The molecule has 0 aliphatic rings. The molecule has 0 amide bonds. The average molecular weight is 375 g/mol. The Morgan fingerprint density at radius 1 is 0.821 bits per heavy atom. The molecule has 28 heavy (non-hydrogen) atoms. The van der Waals surface area contributed by atoms with Gasteiger partial charge in [-0.1, -0.05) is 58.0 Å². The molecule has 0 saturated heterocycles.